The van der Waals surface area contributed by atoms with Crippen LogP contribution in [-0.4, -0.2) is 11.6 Å². The minimum atomic E-state index is -2.88. The van der Waals surface area contributed by atoms with Crippen LogP contribution in [-0.2, 0) is 6.54 Å². The number of ether oxygens (including phenoxy) is 1. The SMILES string of the molecule is NCc1ccc(-c2cccc(OC(F)F)c2)[nH]c1=O. The number of rotatable bonds is 4. The molecule has 1 heterocycles. The van der Waals surface area contributed by atoms with Crippen LogP contribution in [0.2, 0.25) is 0 Å². The zero-order chi connectivity index (χ0) is 13.8. The van der Waals surface area contributed by atoms with Gasteiger partial charge in [-0.2, -0.15) is 8.78 Å². The lowest BCUT2D eigenvalue weighted by Crippen LogP contribution is -2.15. The second-order valence-electron chi connectivity index (χ2n) is 3.84. The fraction of sp³-hybridized carbons (Fsp3) is 0.154. The van der Waals surface area contributed by atoms with Gasteiger partial charge in [0.2, 0.25) is 0 Å². The van der Waals surface area contributed by atoms with Gasteiger partial charge < -0.3 is 15.5 Å². The number of aromatic amines is 1. The summed E-state index contributed by atoms with van der Waals surface area (Å²) in [5.41, 5.74) is 6.66. The van der Waals surface area contributed by atoms with Crippen LogP contribution in [0, 0.1) is 0 Å². The van der Waals surface area contributed by atoms with E-state index in [1.807, 2.05) is 0 Å². The molecule has 19 heavy (non-hydrogen) atoms. The van der Waals surface area contributed by atoms with Gasteiger partial charge in [0.05, 0.1) is 0 Å². The lowest BCUT2D eigenvalue weighted by molar-refractivity contribution is -0.0498. The number of alkyl halides is 2. The van der Waals surface area contributed by atoms with Gasteiger partial charge in [0, 0.05) is 23.4 Å². The van der Waals surface area contributed by atoms with Crippen molar-refractivity contribution < 1.29 is 13.5 Å². The molecule has 0 spiro atoms. The van der Waals surface area contributed by atoms with Crippen LogP contribution in [0.15, 0.2) is 41.2 Å². The van der Waals surface area contributed by atoms with Gasteiger partial charge in [-0.3, -0.25) is 4.79 Å². The minimum absolute atomic E-state index is 0.0382. The summed E-state index contributed by atoms with van der Waals surface area (Å²) in [6.07, 6.45) is 0. The van der Waals surface area contributed by atoms with E-state index in [2.05, 4.69) is 9.72 Å². The van der Waals surface area contributed by atoms with E-state index in [1.165, 1.54) is 12.1 Å². The Balaban J connectivity index is 2.36. The van der Waals surface area contributed by atoms with E-state index in [1.54, 1.807) is 24.3 Å². The summed E-state index contributed by atoms with van der Waals surface area (Å²) in [7, 11) is 0. The molecule has 1 aromatic carbocycles. The number of hydrogen-bond donors (Lipinski definition) is 2. The van der Waals surface area contributed by atoms with Gasteiger partial charge in [-0.25, -0.2) is 0 Å². The summed E-state index contributed by atoms with van der Waals surface area (Å²) >= 11 is 0. The molecule has 0 fully saturated rings. The zero-order valence-electron chi connectivity index (χ0n) is 9.90. The van der Waals surface area contributed by atoms with Crippen LogP contribution in [0.3, 0.4) is 0 Å². The fourth-order valence-corrected chi connectivity index (χ4v) is 1.67. The molecule has 4 nitrogen and oxygen atoms in total. The molecular weight excluding hydrogens is 254 g/mol. The highest BCUT2D eigenvalue weighted by Crippen LogP contribution is 2.22. The summed E-state index contributed by atoms with van der Waals surface area (Å²) in [5.74, 6) is 0.0382. The number of hydrogen-bond acceptors (Lipinski definition) is 3. The molecule has 1 aromatic heterocycles. The Morgan fingerprint density at radius 3 is 2.68 bits per heavy atom. The number of pyridine rings is 1. The van der Waals surface area contributed by atoms with Crippen molar-refractivity contribution in [1.82, 2.24) is 4.98 Å². The molecule has 0 aliphatic rings. The van der Waals surface area contributed by atoms with Gasteiger partial charge >= 0.3 is 6.61 Å². The molecule has 0 radical (unpaired) electrons. The highest BCUT2D eigenvalue weighted by molar-refractivity contribution is 5.61. The van der Waals surface area contributed by atoms with Crippen molar-refractivity contribution in [1.29, 1.82) is 0 Å². The average molecular weight is 266 g/mol. The molecule has 0 amide bonds. The largest absolute Gasteiger partial charge is 0.435 e. The lowest BCUT2D eigenvalue weighted by atomic mass is 10.1. The molecule has 0 aliphatic carbocycles. The molecule has 0 atom stereocenters. The maximum absolute atomic E-state index is 12.1. The summed E-state index contributed by atoms with van der Waals surface area (Å²) in [4.78, 5) is 14.3. The van der Waals surface area contributed by atoms with E-state index in [0.29, 0.717) is 16.8 Å². The average Bonchev–Trinajstić information content (AvgIpc) is 2.38. The van der Waals surface area contributed by atoms with Crippen LogP contribution in [0.25, 0.3) is 11.3 Å². The van der Waals surface area contributed by atoms with E-state index in [9.17, 15) is 13.6 Å². The number of nitrogens with two attached hydrogens (primary N) is 1. The van der Waals surface area contributed by atoms with Crippen molar-refractivity contribution in [2.24, 2.45) is 5.73 Å². The lowest BCUT2D eigenvalue weighted by Gasteiger charge is -2.07. The van der Waals surface area contributed by atoms with Crippen LogP contribution in [0.1, 0.15) is 5.56 Å². The van der Waals surface area contributed by atoms with Gasteiger partial charge in [-0.15, -0.1) is 0 Å². The van der Waals surface area contributed by atoms with Crippen molar-refractivity contribution in [2.75, 3.05) is 0 Å². The first-order chi connectivity index (χ1) is 9.10. The standard InChI is InChI=1S/C13H12F2N2O2/c14-13(15)19-10-3-1-2-8(6-10)11-5-4-9(7-16)12(18)17-11/h1-6,13H,7,16H2,(H,17,18). The zero-order valence-corrected chi connectivity index (χ0v) is 9.90. The molecule has 100 valence electrons. The molecule has 0 saturated heterocycles. The molecule has 3 N–H and O–H groups in total. The molecule has 0 unspecified atom stereocenters. The smallest absolute Gasteiger partial charge is 0.387 e. The Labute approximate surface area is 107 Å². The third kappa shape index (κ3) is 3.17. The predicted octanol–water partition coefficient (Wildman–Crippen LogP) is 2.10. The van der Waals surface area contributed by atoms with E-state index in [0.717, 1.165) is 0 Å². The second-order valence-corrected chi connectivity index (χ2v) is 3.84. The van der Waals surface area contributed by atoms with E-state index >= 15 is 0 Å². The summed E-state index contributed by atoms with van der Waals surface area (Å²) in [5, 5.41) is 0. The number of aromatic nitrogens is 1. The van der Waals surface area contributed by atoms with Crippen LogP contribution < -0.4 is 16.0 Å². The monoisotopic (exact) mass is 266 g/mol. The first-order valence-electron chi connectivity index (χ1n) is 5.57. The molecule has 0 saturated carbocycles. The van der Waals surface area contributed by atoms with Crippen molar-refractivity contribution in [2.45, 2.75) is 13.2 Å². The quantitative estimate of drug-likeness (QED) is 0.890. The normalized spacial score (nSPS) is 10.7. The maximum atomic E-state index is 12.1. The molecular formula is C13H12F2N2O2. The molecule has 2 aromatic rings. The Hall–Kier alpha value is -2.21. The number of H-pyrrole nitrogens is 1. The van der Waals surface area contributed by atoms with Gasteiger partial charge in [-0.1, -0.05) is 18.2 Å². The van der Waals surface area contributed by atoms with E-state index in [-0.39, 0.29) is 17.9 Å². The van der Waals surface area contributed by atoms with Crippen molar-refractivity contribution in [3.63, 3.8) is 0 Å². The van der Waals surface area contributed by atoms with Crippen LogP contribution in [0.4, 0.5) is 8.78 Å². The highest BCUT2D eigenvalue weighted by atomic mass is 19.3. The Morgan fingerprint density at radius 2 is 2.05 bits per heavy atom. The number of nitrogens with one attached hydrogen (secondary N) is 1. The van der Waals surface area contributed by atoms with Crippen LogP contribution in [0.5, 0.6) is 5.75 Å². The first-order valence-corrected chi connectivity index (χ1v) is 5.57. The van der Waals surface area contributed by atoms with E-state index in [4.69, 9.17) is 5.73 Å². The fourth-order valence-electron chi connectivity index (χ4n) is 1.67. The van der Waals surface area contributed by atoms with Crippen molar-refractivity contribution in [3.8, 4) is 17.0 Å². The topological polar surface area (TPSA) is 68.1 Å². The first kappa shape index (κ1) is 13.2. The molecule has 0 aliphatic heterocycles. The Morgan fingerprint density at radius 1 is 1.26 bits per heavy atom. The predicted molar refractivity (Wildman–Crippen MR) is 67.0 cm³/mol. The minimum Gasteiger partial charge on any atom is -0.435 e. The Kier molecular flexibility index (Phi) is 3.91. The third-order valence-corrected chi connectivity index (χ3v) is 2.58. The molecule has 0 bridgehead atoms. The van der Waals surface area contributed by atoms with Gasteiger partial charge in [0.1, 0.15) is 5.75 Å². The number of benzene rings is 1. The van der Waals surface area contributed by atoms with E-state index < -0.39 is 6.61 Å². The van der Waals surface area contributed by atoms with Gasteiger partial charge in [0.25, 0.3) is 5.56 Å². The summed E-state index contributed by atoms with van der Waals surface area (Å²) in [6.45, 7) is -2.74. The summed E-state index contributed by atoms with van der Waals surface area (Å²) in [6, 6.07) is 9.38. The van der Waals surface area contributed by atoms with Crippen molar-refractivity contribution in [3.05, 3.63) is 52.3 Å². The number of halogens is 2. The molecule has 6 heteroatoms. The summed E-state index contributed by atoms with van der Waals surface area (Å²) < 4.78 is 28.6. The van der Waals surface area contributed by atoms with Gasteiger partial charge in [-0.05, 0) is 18.2 Å². The highest BCUT2D eigenvalue weighted by Gasteiger charge is 2.07. The van der Waals surface area contributed by atoms with Crippen LogP contribution >= 0.6 is 0 Å². The maximum Gasteiger partial charge on any atom is 0.387 e. The molecule has 2 rings (SSSR count). The van der Waals surface area contributed by atoms with Gasteiger partial charge in [0.15, 0.2) is 0 Å². The third-order valence-electron chi connectivity index (χ3n) is 2.58. The Bertz CT molecular complexity index is 626. The van der Waals surface area contributed by atoms with Crippen molar-refractivity contribution >= 4 is 0 Å². The second kappa shape index (κ2) is 5.62.